The highest BCUT2D eigenvalue weighted by Gasteiger charge is 2.24. The van der Waals surface area contributed by atoms with Gasteiger partial charge in [0.05, 0.1) is 12.9 Å². The number of nitrogens with one attached hydrogen (secondary N) is 2. The maximum atomic E-state index is 12.3. The zero-order chi connectivity index (χ0) is 22.4. The van der Waals surface area contributed by atoms with Crippen LogP contribution in [0.5, 0.6) is 5.75 Å². The average molecular weight is 452 g/mol. The van der Waals surface area contributed by atoms with Crippen molar-refractivity contribution in [1.82, 2.24) is 14.9 Å². The minimum Gasteiger partial charge on any atom is -0.493 e. The summed E-state index contributed by atoms with van der Waals surface area (Å²) in [4.78, 5) is 14.1. The summed E-state index contributed by atoms with van der Waals surface area (Å²) in [6.45, 7) is 8.01. The van der Waals surface area contributed by atoms with Gasteiger partial charge in [-0.15, -0.1) is 0 Å². The van der Waals surface area contributed by atoms with Gasteiger partial charge in [-0.05, 0) is 61.8 Å². The normalized spacial score (nSPS) is 19.0. The van der Waals surface area contributed by atoms with Gasteiger partial charge in [-0.25, -0.2) is 13.1 Å². The second-order valence-corrected chi connectivity index (χ2v) is 11.0. The van der Waals surface area contributed by atoms with Crippen LogP contribution in [0.25, 0.3) is 0 Å². The molecular formula is C23H37N3O4S. The summed E-state index contributed by atoms with van der Waals surface area (Å²) < 4.78 is 30.2. The van der Waals surface area contributed by atoms with Crippen LogP contribution in [0.3, 0.4) is 0 Å². The first kappa shape index (κ1) is 24.0. The van der Waals surface area contributed by atoms with Crippen LogP contribution in [0.4, 0.5) is 0 Å². The van der Waals surface area contributed by atoms with Crippen LogP contribution >= 0.6 is 0 Å². The standard InChI is InChI=1S/C23H37N3O4S/c1-17(14-20-4-5-22-21(15-20)9-13-30-22)18(2)24-16-19-7-11-26(12-8-19)23(27)6-10-25-31(3,28)29/h4-5,15,17-19,24-25H,6-14,16H2,1-3H3. The van der Waals surface area contributed by atoms with Gasteiger partial charge in [0.15, 0.2) is 0 Å². The van der Waals surface area contributed by atoms with Gasteiger partial charge in [-0.3, -0.25) is 4.79 Å². The smallest absolute Gasteiger partial charge is 0.223 e. The summed E-state index contributed by atoms with van der Waals surface area (Å²) >= 11 is 0. The van der Waals surface area contributed by atoms with Crippen molar-refractivity contribution in [3.63, 3.8) is 0 Å². The molecule has 0 spiro atoms. The van der Waals surface area contributed by atoms with Gasteiger partial charge in [-0.1, -0.05) is 19.1 Å². The van der Waals surface area contributed by atoms with Crippen LogP contribution in [-0.4, -0.2) is 64.3 Å². The van der Waals surface area contributed by atoms with E-state index in [0.29, 0.717) is 17.9 Å². The lowest BCUT2D eigenvalue weighted by Crippen LogP contribution is -2.43. The van der Waals surface area contributed by atoms with Crippen molar-refractivity contribution in [1.29, 1.82) is 0 Å². The van der Waals surface area contributed by atoms with Crippen molar-refractivity contribution in [3.05, 3.63) is 29.3 Å². The third-order valence-electron chi connectivity index (χ3n) is 6.56. The highest BCUT2D eigenvalue weighted by atomic mass is 32.2. The molecule has 31 heavy (non-hydrogen) atoms. The first-order valence-corrected chi connectivity index (χ1v) is 13.3. The topological polar surface area (TPSA) is 87.7 Å². The Labute approximate surface area is 187 Å². The zero-order valence-corrected chi connectivity index (χ0v) is 19.8. The molecule has 2 atom stereocenters. The highest BCUT2D eigenvalue weighted by molar-refractivity contribution is 7.88. The molecule has 8 heteroatoms. The quantitative estimate of drug-likeness (QED) is 0.568. The summed E-state index contributed by atoms with van der Waals surface area (Å²) in [6, 6.07) is 7.01. The number of benzene rings is 1. The molecule has 0 radical (unpaired) electrons. The van der Waals surface area contributed by atoms with E-state index in [1.807, 2.05) is 4.90 Å². The Morgan fingerprint density at radius 3 is 2.71 bits per heavy atom. The molecule has 1 aromatic rings. The van der Waals surface area contributed by atoms with E-state index in [0.717, 1.165) is 63.9 Å². The molecule has 1 amide bonds. The first-order chi connectivity index (χ1) is 14.7. The fourth-order valence-electron chi connectivity index (χ4n) is 4.36. The number of amides is 1. The number of nitrogens with zero attached hydrogens (tertiary/aromatic N) is 1. The number of rotatable bonds is 10. The van der Waals surface area contributed by atoms with Crippen LogP contribution in [0.2, 0.25) is 0 Å². The molecule has 2 unspecified atom stereocenters. The number of piperidine rings is 1. The lowest BCUT2D eigenvalue weighted by Gasteiger charge is -2.33. The lowest BCUT2D eigenvalue weighted by molar-refractivity contribution is -0.132. The SMILES string of the molecule is CC(Cc1ccc2c(c1)CCO2)C(C)NCC1CCN(C(=O)CCNS(C)(=O)=O)CC1. The third kappa shape index (κ3) is 7.47. The van der Waals surface area contributed by atoms with Crippen molar-refractivity contribution in [2.24, 2.45) is 11.8 Å². The van der Waals surface area contributed by atoms with Gasteiger partial charge in [0.25, 0.3) is 0 Å². The van der Waals surface area contributed by atoms with Crippen LogP contribution < -0.4 is 14.8 Å². The van der Waals surface area contributed by atoms with Gasteiger partial charge in [0.2, 0.25) is 15.9 Å². The molecular weight excluding hydrogens is 414 g/mol. The lowest BCUT2D eigenvalue weighted by atomic mass is 9.92. The molecule has 1 fully saturated rings. The van der Waals surface area contributed by atoms with E-state index >= 15 is 0 Å². The van der Waals surface area contributed by atoms with E-state index in [9.17, 15) is 13.2 Å². The number of carbonyl (C=O) groups excluding carboxylic acids is 1. The number of hydrogen-bond acceptors (Lipinski definition) is 5. The van der Waals surface area contributed by atoms with Crippen LogP contribution in [0.1, 0.15) is 44.2 Å². The Morgan fingerprint density at radius 2 is 2.00 bits per heavy atom. The Balaban J connectivity index is 1.34. The molecule has 2 N–H and O–H groups in total. The van der Waals surface area contributed by atoms with Gasteiger partial charge in [0, 0.05) is 38.5 Å². The third-order valence-corrected chi connectivity index (χ3v) is 7.29. The molecule has 1 saturated heterocycles. The molecule has 0 aromatic heterocycles. The van der Waals surface area contributed by atoms with Crippen LogP contribution in [-0.2, 0) is 27.7 Å². The molecule has 2 aliphatic rings. The monoisotopic (exact) mass is 451 g/mol. The van der Waals surface area contributed by atoms with Crippen LogP contribution in [0, 0.1) is 11.8 Å². The van der Waals surface area contributed by atoms with Crippen molar-refractivity contribution < 1.29 is 17.9 Å². The maximum Gasteiger partial charge on any atom is 0.223 e. The summed E-state index contributed by atoms with van der Waals surface area (Å²) in [7, 11) is -3.24. The summed E-state index contributed by atoms with van der Waals surface area (Å²) in [5, 5.41) is 3.71. The van der Waals surface area contributed by atoms with Gasteiger partial charge >= 0.3 is 0 Å². The Kier molecular flexibility index (Phi) is 8.36. The number of carbonyl (C=O) groups is 1. The van der Waals surface area contributed by atoms with Crippen molar-refractivity contribution >= 4 is 15.9 Å². The Morgan fingerprint density at radius 1 is 1.26 bits per heavy atom. The van der Waals surface area contributed by atoms with Crippen molar-refractivity contribution in [2.45, 2.75) is 52.0 Å². The Bertz CT molecular complexity index is 850. The average Bonchev–Trinajstić information content (AvgIpc) is 3.19. The largest absolute Gasteiger partial charge is 0.493 e. The predicted octanol–water partition coefficient (Wildman–Crippen LogP) is 1.96. The molecule has 174 valence electrons. The summed E-state index contributed by atoms with van der Waals surface area (Å²) in [5.74, 6) is 2.18. The highest BCUT2D eigenvalue weighted by Crippen LogP contribution is 2.27. The zero-order valence-electron chi connectivity index (χ0n) is 19.0. The molecule has 0 bridgehead atoms. The summed E-state index contributed by atoms with van der Waals surface area (Å²) in [5.41, 5.74) is 2.71. The van der Waals surface area contributed by atoms with E-state index in [4.69, 9.17) is 4.74 Å². The molecule has 1 aromatic carbocycles. The number of sulfonamides is 1. The maximum absolute atomic E-state index is 12.3. The molecule has 0 saturated carbocycles. The number of fused-ring (bicyclic) bond motifs is 1. The minimum absolute atomic E-state index is 0.0318. The van der Waals surface area contributed by atoms with Gasteiger partial charge < -0.3 is 15.0 Å². The van der Waals surface area contributed by atoms with E-state index in [1.165, 1.54) is 11.1 Å². The number of likely N-dealkylation sites (tertiary alicyclic amines) is 1. The fourth-order valence-corrected chi connectivity index (χ4v) is 4.83. The van der Waals surface area contributed by atoms with E-state index in [1.54, 1.807) is 0 Å². The van der Waals surface area contributed by atoms with E-state index < -0.39 is 10.0 Å². The van der Waals surface area contributed by atoms with Crippen molar-refractivity contribution in [2.75, 3.05) is 39.0 Å². The molecule has 2 aliphatic heterocycles. The Hall–Kier alpha value is -1.64. The first-order valence-electron chi connectivity index (χ1n) is 11.4. The molecule has 0 aliphatic carbocycles. The van der Waals surface area contributed by atoms with Crippen LogP contribution in [0.15, 0.2) is 18.2 Å². The fraction of sp³-hybridized carbons (Fsp3) is 0.696. The summed E-state index contributed by atoms with van der Waals surface area (Å²) in [6.07, 6.45) is 5.38. The second-order valence-electron chi connectivity index (χ2n) is 9.16. The second kappa shape index (κ2) is 10.8. The minimum atomic E-state index is -3.24. The molecule has 7 nitrogen and oxygen atoms in total. The number of ether oxygens (including phenoxy) is 1. The van der Waals surface area contributed by atoms with Gasteiger partial charge in [-0.2, -0.15) is 0 Å². The predicted molar refractivity (Wildman–Crippen MR) is 123 cm³/mol. The van der Waals surface area contributed by atoms with E-state index in [-0.39, 0.29) is 18.9 Å². The molecule has 3 rings (SSSR count). The van der Waals surface area contributed by atoms with Gasteiger partial charge in [0.1, 0.15) is 5.75 Å². The van der Waals surface area contributed by atoms with E-state index in [2.05, 4.69) is 42.1 Å². The molecule has 2 heterocycles. The number of hydrogen-bond donors (Lipinski definition) is 2. The van der Waals surface area contributed by atoms with Crippen molar-refractivity contribution in [3.8, 4) is 5.75 Å².